The summed E-state index contributed by atoms with van der Waals surface area (Å²) in [7, 11) is -2.08. The van der Waals surface area contributed by atoms with Crippen LogP contribution in [0.4, 0.5) is 5.69 Å². The number of hydrogen-bond donors (Lipinski definition) is 1. The van der Waals surface area contributed by atoms with Crippen LogP contribution in [-0.2, 0) is 19.6 Å². The number of sulfonamides is 1. The van der Waals surface area contributed by atoms with Crippen LogP contribution >= 0.6 is 0 Å². The van der Waals surface area contributed by atoms with E-state index in [0.29, 0.717) is 11.3 Å². The number of ether oxygens (including phenoxy) is 1. The molecular weight excluding hydrogens is 392 g/mol. The predicted octanol–water partition coefficient (Wildman–Crippen LogP) is 3.13. The molecule has 2 rings (SSSR count). The number of rotatable bonds is 7. The monoisotopic (exact) mass is 418 g/mol. The third-order valence-corrected chi connectivity index (χ3v) is 6.54. The fraction of sp³-hybridized carbons (Fsp3) is 0.333. The van der Waals surface area contributed by atoms with E-state index in [-0.39, 0.29) is 10.9 Å². The molecule has 29 heavy (non-hydrogen) atoms. The van der Waals surface area contributed by atoms with Crippen LogP contribution in [0.1, 0.15) is 35.3 Å². The van der Waals surface area contributed by atoms with Gasteiger partial charge in [0.15, 0.2) is 6.61 Å². The molecule has 0 aromatic heterocycles. The van der Waals surface area contributed by atoms with E-state index < -0.39 is 28.5 Å². The first-order chi connectivity index (χ1) is 13.5. The molecule has 0 saturated carbocycles. The second-order valence-corrected chi connectivity index (χ2v) is 9.08. The van der Waals surface area contributed by atoms with Crippen LogP contribution in [0, 0.1) is 13.8 Å². The number of anilines is 1. The van der Waals surface area contributed by atoms with Crippen LogP contribution in [0.25, 0.3) is 0 Å². The number of benzene rings is 2. The number of aryl methyl sites for hydroxylation is 2. The summed E-state index contributed by atoms with van der Waals surface area (Å²) in [6.07, 6.45) is 0. The second kappa shape index (κ2) is 9.19. The molecule has 2 aromatic carbocycles. The number of amides is 1. The average Bonchev–Trinajstić information content (AvgIpc) is 2.67. The standard InChI is InChI=1S/C21H26N2O5S/c1-14(2)23(5)29(26,27)18-10-8-17(9-11-18)22-20(24)13-28-21(25)19-12-15(3)6-7-16(19)4/h6-12,14H,13H2,1-5H3,(H,22,24). The number of nitrogens with zero attached hydrogens (tertiary/aromatic N) is 1. The van der Waals surface area contributed by atoms with Crippen molar-refractivity contribution in [2.24, 2.45) is 0 Å². The molecule has 0 heterocycles. The van der Waals surface area contributed by atoms with Gasteiger partial charge in [-0.15, -0.1) is 0 Å². The van der Waals surface area contributed by atoms with E-state index in [9.17, 15) is 18.0 Å². The van der Waals surface area contributed by atoms with Crippen LogP contribution in [0.15, 0.2) is 47.4 Å². The van der Waals surface area contributed by atoms with Crippen LogP contribution in [0.5, 0.6) is 0 Å². The zero-order valence-electron chi connectivity index (χ0n) is 17.2. The van der Waals surface area contributed by atoms with Gasteiger partial charge in [0, 0.05) is 18.8 Å². The molecule has 156 valence electrons. The minimum Gasteiger partial charge on any atom is -0.452 e. The van der Waals surface area contributed by atoms with E-state index in [1.807, 2.05) is 19.1 Å². The van der Waals surface area contributed by atoms with Gasteiger partial charge in [0.25, 0.3) is 5.91 Å². The Morgan fingerprint density at radius 2 is 1.69 bits per heavy atom. The van der Waals surface area contributed by atoms with Crippen molar-refractivity contribution in [2.75, 3.05) is 19.0 Å². The van der Waals surface area contributed by atoms with Gasteiger partial charge in [0.1, 0.15) is 0 Å². The van der Waals surface area contributed by atoms with Crippen LogP contribution in [0.2, 0.25) is 0 Å². The first kappa shape index (κ1) is 22.6. The van der Waals surface area contributed by atoms with Gasteiger partial charge >= 0.3 is 5.97 Å². The number of carbonyl (C=O) groups is 2. The van der Waals surface area contributed by atoms with E-state index in [1.165, 1.54) is 35.6 Å². The van der Waals surface area contributed by atoms with Crippen molar-refractivity contribution in [3.63, 3.8) is 0 Å². The zero-order chi connectivity index (χ0) is 21.8. The van der Waals surface area contributed by atoms with Gasteiger partial charge in [-0.05, 0) is 63.6 Å². The summed E-state index contributed by atoms with van der Waals surface area (Å²) in [4.78, 5) is 24.4. The molecule has 0 spiro atoms. The van der Waals surface area contributed by atoms with E-state index in [0.717, 1.165) is 11.1 Å². The third-order valence-electron chi connectivity index (χ3n) is 4.49. The lowest BCUT2D eigenvalue weighted by Gasteiger charge is -2.21. The highest BCUT2D eigenvalue weighted by atomic mass is 32.2. The molecular formula is C21H26N2O5S. The van der Waals surface area contributed by atoms with Crippen molar-refractivity contribution in [1.29, 1.82) is 0 Å². The van der Waals surface area contributed by atoms with Crippen molar-refractivity contribution in [2.45, 2.75) is 38.6 Å². The smallest absolute Gasteiger partial charge is 0.338 e. The summed E-state index contributed by atoms with van der Waals surface area (Å²) in [5.41, 5.74) is 2.51. The molecule has 0 saturated heterocycles. The third kappa shape index (κ3) is 5.65. The number of hydrogen-bond acceptors (Lipinski definition) is 5. The fourth-order valence-electron chi connectivity index (χ4n) is 2.52. The Bertz CT molecular complexity index is 998. The summed E-state index contributed by atoms with van der Waals surface area (Å²) < 4.78 is 31.3. The van der Waals surface area contributed by atoms with Gasteiger partial charge in [-0.1, -0.05) is 17.7 Å². The number of carbonyl (C=O) groups excluding carboxylic acids is 2. The Morgan fingerprint density at radius 1 is 1.07 bits per heavy atom. The molecule has 0 fully saturated rings. The molecule has 0 radical (unpaired) electrons. The molecule has 7 nitrogen and oxygen atoms in total. The molecule has 2 aromatic rings. The highest BCUT2D eigenvalue weighted by Crippen LogP contribution is 2.19. The summed E-state index contributed by atoms with van der Waals surface area (Å²) in [6.45, 7) is 6.79. The maximum atomic E-state index is 12.5. The Hall–Kier alpha value is -2.71. The Morgan fingerprint density at radius 3 is 2.28 bits per heavy atom. The van der Waals surface area contributed by atoms with Gasteiger partial charge in [-0.3, -0.25) is 4.79 Å². The molecule has 0 atom stereocenters. The van der Waals surface area contributed by atoms with Crippen LogP contribution in [0.3, 0.4) is 0 Å². The lowest BCUT2D eigenvalue weighted by Crippen LogP contribution is -2.33. The van der Waals surface area contributed by atoms with Gasteiger partial charge < -0.3 is 10.1 Å². The average molecular weight is 419 g/mol. The number of esters is 1. The van der Waals surface area contributed by atoms with Crippen molar-refractivity contribution < 1.29 is 22.7 Å². The molecule has 0 bridgehead atoms. The normalized spacial score (nSPS) is 11.6. The second-order valence-electron chi connectivity index (χ2n) is 7.08. The predicted molar refractivity (Wildman–Crippen MR) is 111 cm³/mol. The highest BCUT2D eigenvalue weighted by Gasteiger charge is 2.23. The number of nitrogens with one attached hydrogen (secondary N) is 1. The van der Waals surface area contributed by atoms with Crippen molar-refractivity contribution in [3.8, 4) is 0 Å². The van der Waals surface area contributed by atoms with Gasteiger partial charge in [0.2, 0.25) is 10.0 Å². The molecule has 0 unspecified atom stereocenters. The van der Waals surface area contributed by atoms with Crippen LogP contribution < -0.4 is 5.32 Å². The SMILES string of the molecule is Cc1ccc(C)c(C(=O)OCC(=O)Nc2ccc(S(=O)(=O)N(C)C(C)C)cc2)c1. The maximum Gasteiger partial charge on any atom is 0.338 e. The quantitative estimate of drug-likeness (QED) is 0.698. The largest absolute Gasteiger partial charge is 0.452 e. The van der Waals surface area contributed by atoms with Crippen LogP contribution in [-0.4, -0.2) is 44.3 Å². The van der Waals surface area contributed by atoms with E-state index in [1.54, 1.807) is 26.8 Å². The molecule has 0 aliphatic carbocycles. The summed E-state index contributed by atoms with van der Waals surface area (Å²) in [5.74, 6) is -1.09. The molecule has 1 N–H and O–H groups in total. The fourth-order valence-corrected chi connectivity index (χ4v) is 3.88. The van der Waals surface area contributed by atoms with E-state index >= 15 is 0 Å². The van der Waals surface area contributed by atoms with Gasteiger partial charge in [0.05, 0.1) is 10.5 Å². The maximum absolute atomic E-state index is 12.5. The molecule has 8 heteroatoms. The van der Waals surface area contributed by atoms with Crippen molar-refractivity contribution in [3.05, 3.63) is 59.2 Å². The molecule has 0 aliphatic rings. The topological polar surface area (TPSA) is 92.8 Å². The van der Waals surface area contributed by atoms with Crippen molar-refractivity contribution in [1.82, 2.24) is 4.31 Å². The van der Waals surface area contributed by atoms with E-state index in [4.69, 9.17) is 4.74 Å². The Labute approximate surface area is 171 Å². The highest BCUT2D eigenvalue weighted by molar-refractivity contribution is 7.89. The van der Waals surface area contributed by atoms with Crippen molar-refractivity contribution >= 4 is 27.6 Å². The first-order valence-corrected chi connectivity index (χ1v) is 10.6. The summed E-state index contributed by atoms with van der Waals surface area (Å²) in [5, 5.41) is 2.58. The lowest BCUT2D eigenvalue weighted by molar-refractivity contribution is -0.119. The summed E-state index contributed by atoms with van der Waals surface area (Å²) >= 11 is 0. The van der Waals surface area contributed by atoms with E-state index in [2.05, 4.69) is 5.32 Å². The molecule has 1 amide bonds. The summed E-state index contributed by atoms with van der Waals surface area (Å²) in [6, 6.07) is 11.1. The van der Waals surface area contributed by atoms with Gasteiger partial charge in [-0.25, -0.2) is 13.2 Å². The molecule has 0 aliphatic heterocycles. The first-order valence-electron chi connectivity index (χ1n) is 9.14. The Balaban J connectivity index is 1.97. The lowest BCUT2D eigenvalue weighted by atomic mass is 10.1. The Kier molecular flexibility index (Phi) is 7.16. The zero-order valence-corrected chi connectivity index (χ0v) is 18.0. The minimum absolute atomic E-state index is 0.132. The minimum atomic E-state index is -3.59. The van der Waals surface area contributed by atoms with Gasteiger partial charge in [-0.2, -0.15) is 4.31 Å².